The summed E-state index contributed by atoms with van der Waals surface area (Å²) in [6.45, 7) is 2.31. The Labute approximate surface area is 138 Å². The fraction of sp³-hybridized carbons (Fsp3) is 0.158. The van der Waals surface area contributed by atoms with E-state index in [0.29, 0.717) is 12.1 Å². The Hall–Kier alpha value is -2.95. The van der Waals surface area contributed by atoms with Crippen LogP contribution in [-0.4, -0.2) is 10.5 Å². The van der Waals surface area contributed by atoms with Crippen LogP contribution in [0.4, 0.5) is 4.39 Å². The second-order valence-corrected chi connectivity index (χ2v) is 5.81. The van der Waals surface area contributed by atoms with Crippen molar-refractivity contribution in [2.45, 2.75) is 13.5 Å². The first-order chi connectivity index (χ1) is 11.5. The third-order valence-corrected chi connectivity index (χ3v) is 3.97. The lowest BCUT2D eigenvalue weighted by Crippen LogP contribution is -2.29. The molecule has 3 aromatic rings. The van der Waals surface area contributed by atoms with Gasteiger partial charge in [0.15, 0.2) is 0 Å². The van der Waals surface area contributed by atoms with E-state index in [1.807, 2.05) is 31.2 Å². The first-order valence-corrected chi connectivity index (χ1v) is 7.58. The van der Waals surface area contributed by atoms with Gasteiger partial charge >= 0.3 is 0 Å². The molecular weight excluding hydrogens is 307 g/mol. The van der Waals surface area contributed by atoms with Gasteiger partial charge < -0.3 is 9.88 Å². The van der Waals surface area contributed by atoms with Gasteiger partial charge in [0.2, 0.25) is 5.43 Å². The summed E-state index contributed by atoms with van der Waals surface area (Å²) in [6, 6.07) is 11.7. The van der Waals surface area contributed by atoms with Crippen LogP contribution in [0.1, 0.15) is 21.5 Å². The van der Waals surface area contributed by atoms with Crippen molar-refractivity contribution in [2.75, 3.05) is 0 Å². The first-order valence-electron chi connectivity index (χ1n) is 7.58. The predicted molar refractivity (Wildman–Crippen MR) is 91.5 cm³/mol. The number of nitrogens with one attached hydrogen (secondary N) is 1. The second kappa shape index (κ2) is 6.28. The van der Waals surface area contributed by atoms with Crippen molar-refractivity contribution in [3.63, 3.8) is 0 Å². The van der Waals surface area contributed by atoms with Gasteiger partial charge in [-0.1, -0.05) is 29.8 Å². The molecule has 0 unspecified atom stereocenters. The van der Waals surface area contributed by atoms with Crippen LogP contribution < -0.4 is 10.7 Å². The molecule has 122 valence electrons. The van der Waals surface area contributed by atoms with E-state index in [1.165, 1.54) is 18.3 Å². The Bertz CT molecular complexity index is 975. The summed E-state index contributed by atoms with van der Waals surface area (Å²) >= 11 is 0. The third-order valence-electron chi connectivity index (χ3n) is 3.97. The van der Waals surface area contributed by atoms with E-state index in [-0.39, 0.29) is 10.9 Å². The van der Waals surface area contributed by atoms with Gasteiger partial charge in [0.1, 0.15) is 11.4 Å². The van der Waals surface area contributed by atoms with Crippen LogP contribution >= 0.6 is 0 Å². The monoisotopic (exact) mass is 324 g/mol. The molecule has 0 aliphatic rings. The Morgan fingerprint density at radius 2 is 1.88 bits per heavy atom. The molecule has 5 heteroatoms. The predicted octanol–water partition coefficient (Wildman–Crippen LogP) is 2.92. The number of halogens is 1. The summed E-state index contributed by atoms with van der Waals surface area (Å²) < 4.78 is 15.1. The second-order valence-electron chi connectivity index (χ2n) is 5.81. The summed E-state index contributed by atoms with van der Waals surface area (Å²) in [6.07, 6.45) is 1.48. The maximum atomic E-state index is 13.4. The molecule has 0 fully saturated rings. The number of aryl methyl sites for hydroxylation is 2. The van der Waals surface area contributed by atoms with Crippen LogP contribution in [0, 0.1) is 12.7 Å². The number of nitrogens with zero attached hydrogens (tertiary/aromatic N) is 1. The van der Waals surface area contributed by atoms with Crippen molar-refractivity contribution < 1.29 is 9.18 Å². The van der Waals surface area contributed by atoms with Crippen molar-refractivity contribution in [3.05, 3.63) is 81.4 Å². The number of pyridine rings is 1. The summed E-state index contributed by atoms with van der Waals surface area (Å²) in [7, 11) is 1.72. The molecule has 0 aliphatic carbocycles. The molecule has 1 heterocycles. The molecule has 1 aromatic heterocycles. The Morgan fingerprint density at radius 1 is 1.17 bits per heavy atom. The van der Waals surface area contributed by atoms with Gasteiger partial charge in [-0.3, -0.25) is 9.59 Å². The van der Waals surface area contributed by atoms with Crippen molar-refractivity contribution >= 4 is 16.8 Å². The molecule has 0 spiro atoms. The van der Waals surface area contributed by atoms with E-state index < -0.39 is 17.2 Å². The fourth-order valence-corrected chi connectivity index (χ4v) is 2.61. The lowest BCUT2D eigenvalue weighted by Gasteiger charge is -2.10. The van der Waals surface area contributed by atoms with Crippen LogP contribution in [-0.2, 0) is 13.6 Å². The first kappa shape index (κ1) is 15.9. The largest absolute Gasteiger partial charge is 0.350 e. The molecule has 0 saturated carbocycles. The van der Waals surface area contributed by atoms with Gasteiger partial charge in [-0.25, -0.2) is 4.39 Å². The Kier molecular flexibility index (Phi) is 4.16. The van der Waals surface area contributed by atoms with Gasteiger partial charge in [0.25, 0.3) is 5.91 Å². The zero-order chi connectivity index (χ0) is 17.3. The number of hydrogen-bond donors (Lipinski definition) is 1. The molecule has 3 rings (SSSR count). The van der Waals surface area contributed by atoms with Gasteiger partial charge in [0, 0.05) is 25.2 Å². The van der Waals surface area contributed by atoms with Crippen LogP contribution in [0.5, 0.6) is 0 Å². The average molecular weight is 324 g/mol. The molecule has 0 atom stereocenters. The number of rotatable bonds is 3. The summed E-state index contributed by atoms with van der Waals surface area (Å²) in [5.41, 5.74) is 2.19. The number of aromatic nitrogens is 1. The van der Waals surface area contributed by atoms with Gasteiger partial charge in [-0.2, -0.15) is 0 Å². The van der Waals surface area contributed by atoms with Crippen molar-refractivity contribution in [1.82, 2.24) is 9.88 Å². The SMILES string of the molecule is Cc1ccc(CNC(=O)c2cn(C)c3ccc(F)cc3c2=O)cc1. The summed E-state index contributed by atoms with van der Waals surface area (Å²) in [4.78, 5) is 24.9. The fourth-order valence-electron chi connectivity index (χ4n) is 2.61. The number of carbonyl (C=O) groups is 1. The molecule has 0 bridgehead atoms. The van der Waals surface area contributed by atoms with Crippen LogP contribution in [0.15, 0.2) is 53.5 Å². The number of carbonyl (C=O) groups excluding carboxylic acids is 1. The van der Waals surface area contributed by atoms with E-state index in [0.717, 1.165) is 17.2 Å². The standard InChI is InChI=1S/C19H17FN2O2/c1-12-3-5-13(6-4-12)10-21-19(24)16-11-22(2)17-8-7-14(20)9-15(17)18(16)23/h3-9,11H,10H2,1-2H3,(H,21,24). The number of fused-ring (bicyclic) bond motifs is 1. The maximum Gasteiger partial charge on any atom is 0.257 e. The third kappa shape index (κ3) is 3.06. The minimum Gasteiger partial charge on any atom is -0.350 e. The summed E-state index contributed by atoms with van der Waals surface area (Å²) in [5, 5.41) is 2.93. The average Bonchev–Trinajstić information content (AvgIpc) is 2.57. The summed E-state index contributed by atoms with van der Waals surface area (Å²) in [5.74, 6) is -0.973. The quantitative estimate of drug-likeness (QED) is 0.805. The van der Waals surface area contributed by atoms with Gasteiger partial charge in [-0.15, -0.1) is 0 Å². The van der Waals surface area contributed by atoms with E-state index in [9.17, 15) is 14.0 Å². The Morgan fingerprint density at radius 3 is 2.58 bits per heavy atom. The topological polar surface area (TPSA) is 51.1 Å². The minimum absolute atomic E-state index is 0.00251. The van der Waals surface area contributed by atoms with E-state index >= 15 is 0 Å². The maximum absolute atomic E-state index is 13.4. The molecular formula is C19H17FN2O2. The van der Waals surface area contributed by atoms with Crippen LogP contribution in [0.25, 0.3) is 10.9 Å². The number of benzene rings is 2. The lowest BCUT2D eigenvalue weighted by atomic mass is 10.1. The molecule has 0 radical (unpaired) electrons. The highest BCUT2D eigenvalue weighted by Gasteiger charge is 2.14. The van der Waals surface area contributed by atoms with Crippen LogP contribution in [0.2, 0.25) is 0 Å². The molecule has 1 amide bonds. The van der Waals surface area contributed by atoms with Crippen molar-refractivity contribution in [3.8, 4) is 0 Å². The molecule has 24 heavy (non-hydrogen) atoms. The molecule has 1 N–H and O–H groups in total. The van der Waals surface area contributed by atoms with Crippen molar-refractivity contribution in [1.29, 1.82) is 0 Å². The molecule has 4 nitrogen and oxygen atoms in total. The zero-order valence-corrected chi connectivity index (χ0v) is 13.5. The normalized spacial score (nSPS) is 10.8. The minimum atomic E-state index is -0.503. The highest BCUT2D eigenvalue weighted by atomic mass is 19.1. The zero-order valence-electron chi connectivity index (χ0n) is 13.5. The van der Waals surface area contributed by atoms with Gasteiger partial charge in [-0.05, 0) is 30.7 Å². The van der Waals surface area contributed by atoms with Gasteiger partial charge in [0.05, 0.1) is 5.52 Å². The molecule has 0 saturated heterocycles. The Balaban J connectivity index is 1.91. The highest BCUT2D eigenvalue weighted by Crippen LogP contribution is 2.13. The number of amides is 1. The molecule has 2 aromatic carbocycles. The van der Waals surface area contributed by atoms with E-state index in [2.05, 4.69) is 5.32 Å². The lowest BCUT2D eigenvalue weighted by molar-refractivity contribution is 0.0949. The van der Waals surface area contributed by atoms with Crippen molar-refractivity contribution in [2.24, 2.45) is 7.05 Å². The van der Waals surface area contributed by atoms with E-state index in [4.69, 9.17) is 0 Å². The smallest absolute Gasteiger partial charge is 0.257 e. The highest BCUT2D eigenvalue weighted by molar-refractivity contribution is 5.97. The van der Waals surface area contributed by atoms with Crippen LogP contribution in [0.3, 0.4) is 0 Å². The molecule has 0 aliphatic heterocycles. The van der Waals surface area contributed by atoms with E-state index in [1.54, 1.807) is 11.6 Å². The number of hydrogen-bond acceptors (Lipinski definition) is 2.